The fraction of sp³-hybridized carbons (Fsp3) is 0.333. The molecule has 0 amide bonds. The zero-order valence-electron chi connectivity index (χ0n) is 12.7. The molecular weight excluding hydrogens is 246 g/mol. The number of anilines is 1. The summed E-state index contributed by atoms with van der Waals surface area (Å²) in [7, 11) is 0. The van der Waals surface area contributed by atoms with Gasteiger partial charge in [-0.25, -0.2) is 0 Å². The van der Waals surface area contributed by atoms with E-state index in [2.05, 4.69) is 45.9 Å². The minimum atomic E-state index is 0.0719. The van der Waals surface area contributed by atoms with Crippen molar-refractivity contribution >= 4 is 5.69 Å². The average Bonchev–Trinajstić information content (AvgIpc) is 2.38. The van der Waals surface area contributed by atoms with Crippen molar-refractivity contribution in [3.05, 3.63) is 59.2 Å². The van der Waals surface area contributed by atoms with Crippen molar-refractivity contribution in [2.75, 3.05) is 5.73 Å². The zero-order chi connectivity index (χ0) is 14.8. The molecule has 2 aromatic carbocycles. The van der Waals surface area contributed by atoms with Gasteiger partial charge in [-0.2, -0.15) is 0 Å². The quantitative estimate of drug-likeness (QED) is 0.835. The third kappa shape index (κ3) is 3.53. The Morgan fingerprint density at radius 1 is 1.00 bits per heavy atom. The molecule has 0 bridgehead atoms. The Balaban J connectivity index is 2.19. The normalized spacial score (nSPS) is 11.4. The highest BCUT2D eigenvalue weighted by molar-refractivity contribution is 5.42. The summed E-state index contributed by atoms with van der Waals surface area (Å²) < 4.78 is 6.00. The van der Waals surface area contributed by atoms with Crippen LogP contribution in [0.15, 0.2) is 42.5 Å². The lowest BCUT2D eigenvalue weighted by Crippen LogP contribution is -2.13. The SMILES string of the molecule is Cc1ccc(OCc2ccc(N)cc2)c(C(C)(C)C)c1. The van der Waals surface area contributed by atoms with Gasteiger partial charge in [-0.1, -0.05) is 50.6 Å². The molecule has 0 fully saturated rings. The van der Waals surface area contributed by atoms with E-state index in [-0.39, 0.29) is 5.41 Å². The van der Waals surface area contributed by atoms with Crippen LogP contribution < -0.4 is 10.5 Å². The molecule has 0 spiro atoms. The summed E-state index contributed by atoms with van der Waals surface area (Å²) in [6.07, 6.45) is 0. The number of nitrogens with two attached hydrogens (primary N) is 1. The summed E-state index contributed by atoms with van der Waals surface area (Å²) in [6.45, 7) is 9.29. The Bertz CT molecular complexity index is 579. The van der Waals surface area contributed by atoms with Crippen LogP contribution in [0.25, 0.3) is 0 Å². The van der Waals surface area contributed by atoms with Crippen LogP contribution >= 0.6 is 0 Å². The summed E-state index contributed by atoms with van der Waals surface area (Å²) in [4.78, 5) is 0. The highest BCUT2D eigenvalue weighted by atomic mass is 16.5. The van der Waals surface area contributed by atoms with E-state index in [0.29, 0.717) is 6.61 Å². The van der Waals surface area contributed by atoms with E-state index in [1.165, 1.54) is 11.1 Å². The second-order valence-corrected chi connectivity index (χ2v) is 6.28. The molecule has 2 N–H and O–H groups in total. The molecule has 0 aliphatic carbocycles. The number of nitrogen functional groups attached to an aromatic ring is 1. The van der Waals surface area contributed by atoms with Gasteiger partial charge in [0.05, 0.1) is 0 Å². The molecule has 0 aliphatic rings. The molecule has 2 aromatic rings. The minimum absolute atomic E-state index is 0.0719. The third-order valence-corrected chi connectivity index (χ3v) is 3.32. The Hall–Kier alpha value is -1.96. The van der Waals surface area contributed by atoms with Gasteiger partial charge in [0, 0.05) is 5.69 Å². The monoisotopic (exact) mass is 269 g/mol. The van der Waals surface area contributed by atoms with Crippen LogP contribution in [0.4, 0.5) is 5.69 Å². The molecular formula is C18H23NO. The van der Waals surface area contributed by atoms with Gasteiger partial charge in [0.1, 0.15) is 12.4 Å². The predicted octanol–water partition coefficient (Wildman–Crippen LogP) is 4.45. The highest BCUT2D eigenvalue weighted by Crippen LogP contribution is 2.32. The molecule has 106 valence electrons. The maximum atomic E-state index is 6.00. The van der Waals surface area contributed by atoms with Crippen molar-refractivity contribution in [1.82, 2.24) is 0 Å². The Labute approximate surface area is 121 Å². The van der Waals surface area contributed by atoms with Crippen molar-refractivity contribution in [3.63, 3.8) is 0 Å². The summed E-state index contributed by atoms with van der Waals surface area (Å²) >= 11 is 0. The van der Waals surface area contributed by atoms with E-state index in [1.807, 2.05) is 24.3 Å². The lowest BCUT2D eigenvalue weighted by atomic mass is 9.85. The zero-order valence-corrected chi connectivity index (χ0v) is 12.7. The predicted molar refractivity (Wildman–Crippen MR) is 85.1 cm³/mol. The van der Waals surface area contributed by atoms with Crippen molar-refractivity contribution in [2.45, 2.75) is 39.7 Å². The molecule has 2 nitrogen and oxygen atoms in total. The van der Waals surface area contributed by atoms with E-state index in [4.69, 9.17) is 10.5 Å². The molecule has 2 rings (SSSR count). The van der Waals surface area contributed by atoms with E-state index in [1.54, 1.807) is 0 Å². The Morgan fingerprint density at radius 3 is 2.25 bits per heavy atom. The lowest BCUT2D eigenvalue weighted by Gasteiger charge is -2.23. The molecule has 2 heteroatoms. The van der Waals surface area contributed by atoms with Crippen LogP contribution in [0.5, 0.6) is 5.75 Å². The number of hydrogen-bond donors (Lipinski definition) is 1. The van der Waals surface area contributed by atoms with Gasteiger partial charge in [-0.05, 0) is 41.7 Å². The second kappa shape index (κ2) is 5.58. The number of ether oxygens (including phenoxy) is 1. The van der Waals surface area contributed by atoms with Gasteiger partial charge in [0.25, 0.3) is 0 Å². The van der Waals surface area contributed by atoms with Crippen LogP contribution in [0.3, 0.4) is 0 Å². The van der Waals surface area contributed by atoms with Crippen molar-refractivity contribution in [2.24, 2.45) is 0 Å². The molecule has 0 unspecified atom stereocenters. The smallest absolute Gasteiger partial charge is 0.123 e. The largest absolute Gasteiger partial charge is 0.489 e. The van der Waals surface area contributed by atoms with Crippen LogP contribution in [0.1, 0.15) is 37.5 Å². The summed E-state index contributed by atoms with van der Waals surface area (Å²) in [5.41, 5.74) is 10.2. The molecule has 20 heavy (non-hydrogen) atoms. The molecule has 0 saturated carbocycles. The number of hydrogen-bond acceptors (Lipinski definition) is 2. The van der Waals surface area contributed by atoms with E-state index in [9.17, 15) is 0 Å². The summed E-state index contributed by atoms with van der Waals surface area (Å²) in [5.74, 6) is 0.958. The van der Waals surface area contributed by atoms with Gasteiger partial charge in [-0.15, -0.1) is 0 Å². The second-order valence-electron chi connectivity index (χ2n) is 6.28. The maximum Gasteiger partial charge on any atom is 0.123 e. The molecule has 0 heterocycles. The van der Waals surface area contributed by atoms with Gasteiger partial charge in [0.2, 0.25) is 0 Å². The molecule has 0 aromatic heterocycles. The molecule has 0 aliphatic heterocycles. The first-order chi connectivity index (χ1) is 9.36. The Morgan fingerprint density at radius 2 is 1.65 bits per heavy atom. The topological polar surface area (TPSA) is 35.2 Å². The summed E-state index contributed by atoms with van der Waals surface area (Å²) in [6, 6.07) is 14.2. The number of benzene rings is 2. The number of rotatable bonds is 3. The standard InChI is InChI=1S/C18H23NO/c1-13-5-10-17(16(11-13)18(2,3)4)20-12-14-6-8-15(19)9-7-14/h5-11H,12,19H2,1-4H3. The van der Waals surface area contributed by atoms with Crippen LogP contribution in [0, 0.1) is 6.92 Å². The minimum Gasteiger partial charge on any atom is -0.489 e. The number of aryl methyl sites for hydroxylation is 1. The fourth-order valence-electron chi connectivity index (χ4n) is 2.13. The lowest BCUT2D eigenvalue weighted by molar-refractivity contribution is 0.297. The maximum absolute atomic E-state index is 6.00. The van der Waals surface area contributed by atoms with Crippen molar-refractivity contribution in [3.8, 4) is 5.75 Å². The first-order valence-corrected chi connectivity index (χ1v) is 6.94. The van der Waals surface area contributed by atoms with Gasteiger partial charge in [0.15, 0.2) is 0 Å². The van der Waals surface area contributed by atoms with Crippen LogP contribution in [-0.2, 0) is 12.0 Å². The molecule has 0 radical (unpaired) electrons. The first-order valence-electron chi connectivity index (χ1n) is 6.94. The molecule has 0 saturated heterocycles. The average molecular weight is 269 g/mol. The summed E-state index contributed by atoms with van der Waals surface area (Å²) in [5, 5.41) is 0. The highest BCUT2D eigenvalue weighted by Gasteiger charge is 2.19. The Kier molecular flexibility index (Phi) is 4.03. The third-order valence-electron chi connectivity index (χ3n) is 3.32. The van der Waals surface area contributed by atoms with Gasteiger partial charge < -0.3 is 10.5 Å². The molecule has 0 atom stereocenters. The van der Waals surface area contributed by atoms with Crippen molar-refractivity contribution < 1.29 is 4.74 Å². The first kappa shape index (κ1) is 14.4. The van der Waals surface area contributed by atoms with Crippen molar-refractivity contribution in [1.29, 1.82) is 0 Å². The van der Waals surface area contributed by atoms with Gasteiger partial charge in [-0.3, -0.25) is 0 Å². The van der Waals surface area contributed by atoms with E-state index in [0.717, 1.165) is 17.0 Å². The van der Waals surface area contributed by atoms with Gasteiger partial charge >= 0.3 is 0 Å². The van der Waals surface area contributed by atoms with Crippen LogP contribution in [0.2, 0.25) is 0 Å². The van der Waals surface area contributed by atoms with E-state index < -0.39 is 0 Å². The van der Waals surface area contributed by atoms with Crippen LogP contribution in [-0.4, -0.2) is 0 Å². The fourth-order valence-corrected chi connectivity index (χ4v) is 2.13. The van der Waals surface area contributed by atoms with E-state index >= 15 is 0 Å².